The molecule has 1 heterocycles. The predicted molar refractivity (Wildman–Crippen MR) is 63.2 cm³/mol. The highest BCUT2D eigenvalue weighted by molar-refractivity contribution is 5.87. The molecule has 20 heavy (non-hydrogen) atoms. The third-order valence-electron chi connectivity index (χ3n) is 3.34. The summed E-state index contributed by atoms with van der Waals surface area (Å²) in [5.41, 5.74) is -1.47. The maximum atomic E-state index is 13.1. The lowest BCUT2D eigenvalue weighted by molar-refractivity contribution is -0.137. The first-order valence-corrected chi connectivity index (χ1v) is 6.03. The van der Waals surface area contributed by atoms with E-state index in [1.54, 1.807) is 0 Å². The van der Waals surface area contributed by atoms with Crippen LogP contribution in [0.25, 0.3) is 0 Å². The normalized spacial score (nSPS) is 18.9. The summed E-state index contributed by atoms with van der Waals surface area (Å²) in [6.07, 6.45) is -5.38. The molecule has 1 aromatic rings. The highest BCUT2D eigenvalue weighted by Gasteiger charge is 2.37. The molecule has 0 aromatic heterocycles. The quantitative estimate of drug-likeness (QED) is 0.611. The molecule has 0 atom stereocenters. The molecule has 2 rings (SSSR count). The Morgan fingerprint density at radius 2 is 1.75 bits per heavy atom. The number of benzene rings is 1. The molecule has 110 valence electrons. The van der Waals surface area contributed by atoms with Gasteiger partial charge in [0.1, 0.15) is 0 Å². The van der Waals surface area contributed by atoms with Crippen LogP contribution in [-0.4, -0.2) is 25.3 Å². The Kier molecular flexibility index (Phi) is 3.71. The van der Waals surface area contributed by atoms with Crippen molar-refractivity contribution >= 4 is 12.0 Å². The number of carbonyl (C=O) groups is 1. The standard InChI is InChI=1S/C13H12F5NO/c14-12(15)4-6-19(7-5-12)11-3-1-2-10(9(11)8-20)13(16,17)18/h1-3,8H,4-7H2. The van der Waals surface area contributed by atoms with Crippen LogP contribution in [0.4, 0.5) is 27.6 Å². The second-order valence-corrected chi connectivity index (χ2v) is 4.70. The van der Waals surface area contributed by atoms with Crippen molar-refractivity contribution < 1.29 is 26.7 Å². The first kappa shape index (κ1) is 14.7. The van der Waals surface area contributed by atoms with E-state index in [1.807, 2.05) is 0 Å². The van der Waals surface area contributed by atoms with E-state index in [0.717, 1.165) is 6.07 Å². The van der Waals surface area contributed by atoms with E-state index in [0.29, 0.717) is 0 Å². The zero-order valence-corrected chi connectivity index (χ0v) is 10.4. The van der Waals surface area contributed by atoms with E-state index in [9.17, 15) is 26.7 Å². The second kappa shape index (κ2) is 5.03. The molecule has 1 aliphatic rings. The minimum atomic E-state index is -4.65. The monoisotopic (exact) mass is 293 g/mol. The number of nitrogens with zero attached hydrogens (tertiary/aromatic N) is 1. The van der Waals surface area contributed by atoms with Crippen LogP contribution in [-0.2, 0) is 6.18 Å². The van der Waals surface area contributed by atoms with Gasteiger partial charge in [-0.05, 0) is 12.1 Å². The Hall–Kier alpha value is -1.66. The number of halogens is 5. The van der Waals surface area contributed by atoms with Gasteiger partial charge in [0.05, 0.1) is 5.56 Å². The van der Waals surface area contributed by atoms with Gasteiger partial charge < -0.3 is 4.90 Å². The van der Waals surface area contributed by atoms with Crippen molar-refractivity contribution in [2.24, 2.45) is 0 Å². The van der Waals surface area contributed by atoms with Gasteiger partial charge in [0.2, 0.25) is 0 Å². The fraction of sp³-hybridized carbons (Fsp3) is 0.462. The second-order valence-electron chi connectivity index (χ2n) is 4.70. The number of alkyl halides is 5. The summed E-state index contributed by atoms with van der Waals surface area (Å²) in [5, 5.41) is 0. The summed E-state index contributed by atoms with van der Waals surface area (Å²) in [6.45, 7) is -0.149. The fourth-order valence-corrected chi connectivity index (χ4v) is 2.27. The topological polar surface area (TPSA) is 20.3 Å². The maximum Gasteiger partial charge on any atom is 0.417 e. The molecule has 0 N–H and O–H groups in total. The molecule has 0 aliphatic carbocycles. The molecule has 0 radical (unpaired) electrons. The SMILES string of the molecule is O=Cc1c(N2CCC(F)(F)CC2)cccc1C(F)(F)F. The lowest BCUT2D eigenvalue weighted by atomic mass is 10.0. The molecule has 1 saturated heterocycles. The molecule has 0 bridgehead atoms. The van der Waals surface area contributed by atoms with Crippen LogP contribution in [0, 0.1) is 0 Å². The first-order valence-electron chi connectivity index (χ1n) is 6.03. The van der Waals surface area contributed by atoms with Crippen LogP contribution < -0.4 is 4.90 Å². The number of hydrogen-bond donors (Lipinski definition) is 0. The zero-order chi connectivity index (χ0) is 15.0. The summed E-state index contributed by atoms with van der Waals surface area (Å²) in [7, 11) is 0. The Balaban J connectivity index is 2.36. The number of aldehydes is 1. The molecule has 2 nitrogen and oxygen atoms in total. The fourth-order valence-electron chi connectivity index (χ4n) is 2.27. The number of anilines is 1. The highest BCUT2D eigenvalue weighted by Crippen LogP contribution is 2.37. The highest BCUT2D eigenvalue weighted by atomic mass is 19.4. The average Bonchev–Trinajstić information content (AvgIpc) is 2.37. The lowest BCUT2D eigenvalue weighted by Gasteiger charge is -2.34. The van der Waals surface area contributed by atoms with E-state index in [2.05, 4.69) is 0 Å². The van der Waals surface area contributed by atoms with E-state index >= 15 is 0 Å². The Bertz CT molecular complexity index is 502. The number of carbonyl (C=O) groups excluding carboxylic acids is 1. The van der Waals surface area contributed by atoms with Gasteiger partial charge in [-0.1, -0.05) is 6.07 Å². The van der Waals surface area contributed by atoms with Crippen molar-refractivity contribution in [1.82, 2.24) is 0 Å². The van der Waals surface area contributed by atoms with Gasteiger partial charge in [0, 0.05) is 37.2 Å². The van der Waals surface area contributed by atoms with Crippen molar-refractivity contribution in [3.8, 4) is 0 Å². The van der Waals surface area contributed by atoms with Gasteiger partial charge in [-0.2, -0.15) is 13.2 Å². The van der Waals surface area contributed by atoms with Gasteiger partial charge in [0.15, 0.2) is 6.29 Å². The van der Waals surface area contributed by atoms with Gasteiger partial charge in [-0.15, -0.1) is 0 Å². The zero-order valence-electron chi connectivity index (χ0n) is 10.4. The van der Waals surface area contributed by atoms with Crippen LogP contribution in [0.5, 0.6) is 0 Å². The minimum Gasteiger partial charge on any atom is -0.370 e. The van der Waals surface area contributed by atoms with Crippen molar-refractivity contribution in [2.75, 3.05) is 18.0 Å². The molecule has 7 heteroatoms. The molecule has 0 saturated carbocycles. The van der Waals surface area contributed by atoms with E-state index < -0.39 is 36.1 Å². The summed E-state index contributed by atoms with van der Waals surface area (Å²) < 4.78 is 64.6. The smallest absolute Gasteiger partial charge is 0.370 e. The maximum absolute atomic E-state index is 13.1. The van der Waals surface area contributed by atoms with E-state index in [1.165, 1.54) is 17.0 Å². The van der Waals surface area contributed by atoms with Crippen LogP contribution in [0.3, 0.4) is 0 Å². The van der Waals surface area contributed by atoms with Gasteiger partial charge in [-0.3, -0.25) is 4.79 Å². The van der Waals surface area contributed by atoms with Crippen molar-refractivity contribution in [3.05, 3.63) is 29.3 Å². The molecule has 1 aliphatic heterocycles. The lowest BCUT2D eigenvalue weighted by Crippen LogP contribution is -2.40. The Labute approximate surface area is 112 Å². The molecular weight excluding hydrogens is 281 g/mol. The van der Waals surface area contributed by atoms with Crippen molar-refractivity contribution in [2.45, 2.75) is 24.9 Å². The van der Waals surface area contributed by atoms with Crippen molar-refractivity contribution in [3.63, 3.8) is 0 Å². The third-order valence-corrected chi connectivity index (χ3v) is 3.34. The molecular formula is C13H12F5NO. The molecule has 0 spiro atoms. The Morgan fingerprint density at radius 3 is 2.25 bits per heavy atom. The predicted octanol–water partition coefficient (Wildman–Crippen LogP) is 3.75. The molecule has 0 amide bonds. The number of rotatable bonds is 2. The minimum absolute atomic E-state index is 0.0605. The van der Waals surface area contributed by atoms with Crippen LogP contribution in [0.1, 0.15) is 28.8 Å². The summed E-state index contributed by atoms with van der Waals surface area (Å²) >= 11 is 0. The van der Waals surface area contributed by atoms with Crippen LogP contribution >= 0.6 is 0 Å². The largest absolute Gasteiger partial charge is 0.417 e. The summed E-state index contributed by atoms with van der Waals surface area (Å²) in [6, 6.07) is 3.34. The van der Waals surface area contributed by atoms with E-state index in [-0.39, 0.29) is 25.1 Å². The van der Waals surface area contributed by atoms with Crippen LogP contribution in [0.15, 0.2) is 18.2 Å². The molecule has 0 unspecified atom stereocenters. The van der Waals surface area contributed by atoms with Gasteiger partial charge in [0.25, 0.3) is 5.92 Å². The number of hydrogen-bond acceptors (Lipinski definition) is 2. The summed E-state index contributed by atoms with van der Waals surface area (Å²) in [5.74, 6) is -2.79. The van der Waals surface area contributed by atoms with E-state index in [4.69, 9.17) is 0 Å². The molecule has 1 aromatic carbocycles. The average molecular weight is 293 g/mol. The Morgan fingerprint density at radius 1 is 1.15 bits per heavy atom. The first-order chi connectivity index (χ1) is 9.24. The van der Waals surface area contributed by atoms with Crippen molar-refractivity contribution in [1.29, 1.82) is 0 Å². The van der Waals surface area contributed by atoms with Crippen LogP contribution in [0.2, 0.25) is 0 Å². The summed E-state index contributed by atoms with van der Waals surface area (Å²) in [4.78, 5) is 12.4. The third kappa shape index (κ3) is 2.91. The molecule has 1 fully saturated rings. The van der Waals surface area contributed by atoms with Gasteiger partial charge >= 0.3 is 6.18 Å². The van der Waals surface area contributed by atoms with Gasteiger partial charge in [-0.25, -0.2) is 8.78 Å². The number of piperidine rings is 1.